The largest absolute Gasteiger partial charge is 0.465 e. The second kappa shape index (κ2) is 7.85. The summed E-state index contributed by atoms with van der Waals surface area (Å²) in [6.07, 6.45) is 0.293. The highest BCUT2D eigenvalue weighted by Crippen LogP contribution is 2.17. The van der Waals surface area contributed by atoms with E-state index in [1.54, 1.807) is 27.0 Å². The molecule has 2 N–H and O–H groups in total. The van der Waals surface area contributed by atoms with Gasteiger partial charge in [-0.2, -0.15) is 0 Å². The van der Waals surface area contributed by atoms with Gasteiger partial charge in [0.15, 0.2) is 0 Å². The van der Waals surface area contributed by atoms with Gasteiger partial charge < -0.3 is 19.0 Å². The first kappa shape index (κ1) is 19.2. The number of nitrogens with one attached hydrogen (secondary N) is 2. The predicted octanol–water partition coefficient (Wildman–Crippen LogP) is 0.651. The molecule has 0 unspecified atom stereocenters. The average molecular weight is 363 g/mol. The van der Waals surface area contributed by atoms with Crippen molar-refractivity contribution in [3.8, 4) is 0 Å². The fourth-order valence-corrected chi connectivity index (χ4v) is 2.61. The van der Waals surface area contributed by atoms with Crippen LogP contribution in [0.25, 0.3) is 0 Å². The van der Waals surface area contributed by atoms with Crippen LogP contribution < -0.4 is 11.2 Å². The van der Waals surface area contributed by atoms with Crippen LogP contribution in [-0.4, -0.2) is 40.9 Å². The van der Waals surface area contributed by atoms with Crippen LogP contribution in [0.2, 0.25) is 0 Å². The first-order valence-electron chi connectivity index (χ1n) is 7.96. The third-order valence-corrected chi connectivity index (χ3v) is 4.04. The van der Waals surface area contributed by atoms with Crippen molar-refractivity contribution in [2.24, 2.45) is 0 Å². The van der Waals surface area contributed by atoms with Crippen LogP contribution in [-0.2, 0) is 22.5 Å². The topological polar surface area (TPSA) is 125 Å². The van der Waals surface area contributed by atoms with Crippen molar-refractivity contribution in [2.75, 3.05) is 14.2 Å². The van der Waals surface area contributed by atoms with E-state index < -0.39 is 17.2 Å². The molecule has 0 saturated heterocycles. The van der Waals surface area contributed by atoms with Crippen molar-refractivity contribution in [1.82, 2.24) is 14.9 Å². The van der Waals surface area contributed by atoms with Crippen LogP contribution in [0.3, 0.4) is 0 Å². The molecule has 2 aromatic rings. The summed E-state index contributed by atoms with van der Waals surface area (Å²) >= 11 is 0. The number of amides is 1. The van der Waals surface area contributed by atoms with Gasteiger partial charge in [-0.15, -0.1) is 0 Å². The van der Waals surface area contributed by atoms with Crippen LogP contribution in [0, 0.1) is 13.8 Å². The highest BCUT2D eigenvalue weighted by atomic mass is 16.5. The molecule has 0 aliphatic carbocycles. The quantitative estimate of drug-likeness (QED) is 0.726. The molecule has 1 amide bonds. The number of rotatable bonds is 6. The Morgan fingerprint density at radius 1 is 1.23 bits per heavy atom. The predicted molar refractivity (Wildman–Crippen MR) is 92.0 cm³/mol. The first-order chi connectivity index (χ1) is 12.2. The maximum absolute atomic E-state index is 12.3. The van der Waals surface area contributed by atoms with Crippen LogP contribution in [0.4, 0.5) is 0 Å². The third kappa shape index (κ3) is 4.29. The molecule has 0 aliphatic rings. The molecule has 0 atom stereocenters. The summed E-state index contributed by atoms with van der Waals surface area (Å²) in [4.78, 5) is 53.0. The number of aryl methyl sites for hydroxylation is 2. The Bertz CT molecular complexity index is 937. The van der Waals surface area contributed by atoms with Gasteiger partial charge in [0.05, 0.1) is 13.7 Å². The lowest BCUT2D eigenvalue weighted by atomic mass is 10.1. The van der Waals surface area contributed by atoms with E-state index in [4.69, 9.17) is 4.42 Å². The summed E-state index contributed by atoms with van der Waals surface area (Å²) in [7, 11) is 2.88. The lowest BCUT2D eigenvalue weighted by Gasteiger charge is -2.15. The SMILES string of the molecule is COC(=O)c1cc(CN(C)C(=O)CCc2c(C)[nH]c(=O)[nH]c2=O)oc1C. The van der Waals surface area contributed by atoms with E-state index in [1.807, 2.05) is 0 Å². The molecule has 0 spiro atoms. The monoisotopic (exact) mass is 363 g/mol. The fourth-order valence-electron chi connectivity index (χ4n) is 2.61. The Hall–Kier alpha value is -3.10. The third-order valence-electron chi connectivity index (χ3n) is 4.04. The van der Waals surface area contributed by atoms with Crippen molar-refractivity contribution < 1.29 is 18.7 Å². The zero-order valence-electron chi connectivity index (χ0n) is 15.1. The van der Waals surface area contributed by atoms with Crippen LogP contribution >= 0.6 is 0 Å². The molecule has 0 fully saturated rings. The maximum Gasteiger partial charge on any atom is 0.341 e. The molecule has 0 saturated carbocycles. The van der Waals surface area contributed by atoms with Crippen LogP contribution in [0.15, 0.2) is 20.1 Å². The number of ether oxygens (including phenoxy) is 1. The van der Waals surface area contributed by atoms with E-state index in [2.05, 4.69) is 14.7 Å². The van der Waals surface area contributed by atoms with E-state index >= 15 is 0 Å². The molecule has 2 aromatic heterocycles. The number of H-pyrrole nitrogens is 2. The minimum atomic E-state index is -0.575. The number of carbonyl (C=O) groups excluding carboxylic acids is 2. The van der Waals surface area contributed by atoms with Crippen molar-refractivity contribution >= 4 is 11.9 Å². The minimum absolute atomic E-state index is 0.0933. The lowest BCUT2D eigenvalue weighted by molar-refractivity contribution is -0.130. The number of esters is 1. The second-order valence-corrected chi connectivity index (χ2v) is 5.94. The molecule has 26 heavy (non-hydrogen) atoms. The van der Waals surface area contributed by atoms with Gasteiger partial charge in [0.2, 0.25) is 5.91 Å². The maximum atomic E-state index is 12.3. The number of furan rings is 1. The van der Waals surface area contributed by atoms with E-state index in [0.29, 0.717) is 28.3 Å². The van der Waals surface area contributed by atoms with Gasteiger partial charge in [0.25, 0.3) is 5.56 Å². The van der Waals surface area contributed by atoms with Gasteiger partial charge in [-0.1, -0.05) is 0 Å². The molecule has 0 radical (unpaired) electrons. The Morgan fingerprint density at radius 3 is 2.54 bits per heavy atom. The molecule has 0 aromatic carbocycles. The Balaban J connectivity index is 2.01. The van der Waals surface area contributed by atoms with E-state index in [9.17, 15) is 19.2 Å². The van der Waals surface area contributed by atoms with Crippen molar-refractivity contribution in [1.29, 1.82) is 0 Å². The Labute approximate surface area is 149 Å². The molecule has 2 heterocycles. The van der Waals surface area contributed by atoms with E-state index in [1.165, 1.54) is 12.0 Å². The molecule has 0 bridgehead atoms. The van der Waals surface area contributed by atoms with Gasteiger partial charge in [-0.05, 0) is 26.3 Å². The van der Waals surface area contributed by atoms with Crippen LogP contribution in [0.5, 0.6) is 0 Å². The zero-order chi connectivity index (χ0) is 19.4. The average Bonchev–Trinajstić information content (AvgIpc) is 2.93. The summed E-state index contributed by atoms with van der Waals surface area (Å²) in [5.74, 6) is 0.169. The van der Waals surface area contributed by atoms with E-state index in [-0.39, 0.29) is 25.3 Å². The van der Waals surface area contributed by atoms with Gasteiger partial charge in [0, 0.05) is 24.7 Å². The Morgan fingerprint density at radius 2 is 1.92 bits per heavy atom. The summed E-state index contributed by atoms with van der Waals surface area (Å²) in [5.41, 5.74) is 0.0610. The number of aromatic nitrogens is 2. The number of hydrogen-bond acceptors (Lipinski definition) is 6. The number of nitrogens with zero attached hydrogens (tertiary/aromatic N) is 1. The summed E-state index contributed by atoms with van der Waals surface area (Å²) in [5, 5.41) is 0. The molecular formula is C17H21N3O6. The fraction of sp³-hybridized carbons (Fsp3) is 0.412. The zero-order valence-corrected chi connectivity index (χ0v) is 15.1. The Kier molecular flexibility index (Phi) is 5.81. The normalized spacial score (nSPS) is 10.6. The van der Waals surface area contributed by atoms with Gasteiger partial charge >= 0.3 is 11.7 Å². The molecule has 9 nitrogen and oxygen atoms in total. The first-order valence-corrected chi connectivity index (χ1v) is 7.96. The van der Waals surface area contributed by atoms with Crippen molar-refractivity contribution in [2.45, 2.75) is 33.2 Å². The van der Waals surface area contributed by atoms with Gasteiger partial charge in [-0.3, -0.25) is 14.6 Å². The molecular weight excluding hydrogens is 342 g/mol. The van der Waals surface area contributed by atoms with Gasteiger partial charge in [0.1, 0.15) is 17.1 Å². The molecule has 9 heteroatoms. The molecule has 0 aliphatic heterocycles. The highest BCUT2D eigenvalue weighted by Gasteiger charge is 2.18. The number of aromatic amines is 2. The number of hydrogen-bond donors (Lipinski definition) is 2. The highest BCUT2D eigenvalue weighted by molar-refractivity contribution is 5.90. The second-order valence-electron chi connectivity index (χ2n) is 5.94. The number of carbonyl (C=O) groups is 2. The standard InChI is InChI=1S/C17H21N3O6/c1-9-12(15(22)19-17(24)18-9)5-6-14(21)20(3)8-11-7-13(10(2)26-11)16(23)25-4/h7H,5-6,8H2,1-4H3,(H2,18,19,22,24). The molecule has 2 rings (SSSR count). The summed E-state index contributed by atoms with van der Waals surface area (Å²) in [6.45, 7) is 3.43. The van der Waals surface area contributed by atoms with Crippen molar-refractivity contribution in [3.05, 3.63) is 55.2 Å². The molecule has 140 valence electrons. The van der Waals surface area contributed by atoms with Crippen molar-refractivity contribution in [3.63, 3.8) is 0 Å². The minimum Gasteiger partial charge on any atom is -0.465 e. The van der Waals surface area contributed by atoms with Gasteiger partial charge in [-0.25, -0.2) is 9.59 Å². The smallest absolute Gasteiger partial charge is 0.341 e. The van der Waals surface area contributed by atoms with Crippen LogP contribution in [0.1, 0.15) is 39.6 Å². The number of methoxy groups -OCH3 is 1. The summed E-state index contributed by atoms with van der Waals surface area (Å²) in [6, 6.07) is 1.54. The van der Waals surface area contributed by atoms with E-state index in [0.717, 1.165) is 0 Å². The lowest BCUT2D eigenvalue weighted by Crippen LogP contribution is -2.30. The summed E-state index contributed by atoms with van der Waals surface area (Å²) < 4.78 is 10.1.